The molecule has 5 N–H and O–H groups in total. The van der Waals surface area contributed by atoms with Crippen LogP contribution >= 0.6 is 15.6 Å². The third-order valence-corrected chi connectivity index (χ3v) is 4.19. The van der Waals surface area contributed by atoms with Crippen molar-refractivity contribution in [2.75, 3.05) is 26.0 Å². The van der Waals surface area contributed by atoms with Crippen LogP contribution in [0.5, 0.6) is 0 Å². The van der Waals surface area contributed by atoms with Crippen LogP contribution in [-0.2, 0) is 18.1 Å². The van der Waals surface area contributed by atoms with Gasteiger partial charge in [-0.25, -0.2) is 0 Å². The molecule has 16 heavy (non-hydrogen) atoms. The summed E-state index contributed by atoms with van der Waals surface area (Å²) >= 11 is 0. The molecule has 0 aliphatic rings. The van der Waals surface area contributed by atoms with Crippen LogP contribution in [0.25, 0.3) is 0 Å². The first-order valence-electron chi connectivity index (χ1n) is 4.54. The molecular weight excluding hydrogens is 269 g/mol. The molecule has 0 aromatic rings. The summed E-state index contributed by atoms with van der Waals surface area (Å²) in [6.07, 6.45) is -0.0538. The largest absolute Gasteiger partial charge is 0.187 e. The summed E-state index contributed by atoms with van der Waals surface area (Å²) in [7, 11) is -6.30. The number of hydrogen-bond donors (Lipinski definition) is 3. The summed E-state index contributed by atoms with van der Waals surface area (Å²) in [6.45, 7) is 3.83. The Hall–Kier alpha value is 0.822. The molecule has 0 aliphatic heterocycles. The molecule has 0 spiro atoms. The van der Waals surface area contributed by atoms with E-state index in [1.165, 1.54) is 0 Å². The summed E-state index contributed by atoms with van der Waals surface area (Å²) in [5.74, 6) is 0. The normalized spacial score (nSPS) is 14.8. The average Bonchev–Trinajstić information content (AvgIpc) is 2.02. The average molecular weight is 291 g/mol. The summed E-state index contributed by atoms with van der Waals surface area (Å²) in [6, 6.07) is 0. The van der Waals surface area contributed by atoms with Crippen LogP contribution < -0.4 is 11.0 Å². The minimum atomic E-state index is -4.03. The molecule has 0 fully saturated rings. The van der Waals surface area contributed by atoms with Crippen molar-refractivity contribution in [1.29, 1.82) is 0 Å². The van der Waals surface area contributed by atoms with Gasteiger partial charge in [-0.2, -0.15) is 0 Å². The van der Waals surface area contributed by atoms with E-state index in [4.69, 9.17) is 29.5 Å². The van der Waals surface area contributed by atoms with Crippen molar-refractivity contribution in [2.45, 2.75) is 13.8 Å². The second kappa shape index (κ2) is 8.02. The van der Waals surface area contributed by atoms with Gasteiger partial charge in [-0.1, -0.05) is 0 Å². The van der Waals surface area contributed by atoms with Crippen molar-refractivity contribution in [3.8, 4) is 0 Å². The van der Waals surface area contributed by atoms with Crippen LogP contribution in [0.4, 0.5) is 0 Å². The van der Waals surface area contributed by atoms with Gasteiger partial charge >= 0.3 is 89.5 Å². The van der Waals surface area contributed by atoms with Gasteiger partial charge in [0.2, 0.25) is 0 Å². The Bertz CT molecular complexity index is 221. The third-order valence-electron chi connectivity index (χ3n) is 1.40. The van der Waals surface area contributed by atoms with E-state index in [1.807, 2.05) is 0 Å². The minimum absolute atomic E-state index is 0. The Morgan fingerprint density at radius 1 is 1.19 bits per heavy atom. The zero-order valence-electron chi connectivity index (χ0n) is 8.96. The van der Waals surface area contributed by atoms with Crippen molar-refractivity contribution < 1.29 is 23.0 Å². The molecule has 0 aliphatic carbocycles. The van der Waals surface area contributed by atoms with Crippen molar-refractivity contribution in [3.63, 3.8) is 0 Å². The topological polar surface area (TPSA) is 117 Å². The molecule has 0 saturated carbocycles. The van der Waals surface area contributed by atoms with Gasteiger partial charge in [-0.05, 0) is 0 Å². The van der Waals surface area contributed by atoms with Crippen molar-refractivity contribution >= 4 is 33.0 Å². The Morgan fingerprint density at radius 3 is 1.94 bits per heavy atom. The predicted octanol–water partition coefficient (Wildman–Crippen LogP) is -0.328. The molecule has 0 aromatic carbocycles. The number of rotatable bonds is 8. The smallest absolute Gasteiger partial charge is 0.187 e. The second-order valence-electron chi connectivity index (χ2n) is 2.75. The Morgan fingerprint density at radius 2 is 1.62 bits per heavy atom. The first-order chi connectivity index (χ1) is 6.82. The molecular formula is C6H22AlN2O5P2+. The van der Waals surface area contributed by atoms with Crippen molar-refractivity contribution in [3.05, 3.63) is 0 Å². The van der Waals surface area contributed by atoms with Gasteiger partial charge in [0.15, 0.2) is 17.4 Å². The van der Waals surface area contributed by atoms with Crippen LogP contribution in [0.3, 0.4) is 0 Å². The standard InChI is InChI=1S/C6H18N2O5P2.Al.3H/c1-3-11-15(7,8,12-4-2)13-5-6-14(9)10;;;;/h3-8H2,1-2H3;;;;/p+1. The van der Waals surface area contributed by atoms with Crippen LogP contribution in [-0.4, -0.2) is 48.2 Å². The number of hydrogen-bond acceptors (Lipinski definition) is 6. The van der Waals surface area contributed by atoms with Gasteiger partial charge in [-0.3, -0.25) is 0 Å². The zero-order valence-corrected chi connectivity index (χ0v) is 10.7. The molecule has 7 nitrogen and oxygen atoms in total. The summed E-state index contributed by atoms with van der Waals surface area (Å²) in [5.41, 5.74) is 11.4. The molecule has 1 unspecified atom stereocenters. The molecule has 0 heterocycles. The fourth-order valence-corrected chi connectivity index (χ4v) is 3.00. The Labute approximate surface area is 107 Å². The zero-order chi connectivity index (χ0) is 12.0. The molecule has 1 atom stereocenters. The maximum absolute atomic E-state index is 10.4. The molecule has 0 amide bonds. The van der Waals surface area contributed by atoms with E-state index in [0.29, 0.717) is 0 Å². The first kappa shape index (κ1) is 19.2. The maximum atomic E-state index is 10.4. The monoisotopic (exact) mass is 291 g/mol. The molecule has 0 aromatic heterocycles. The van der Waals surface area contributed by atoms with Crippen LogP contribution in [0, 0.1) is 0 Å². The van der Waals surface area contributed by atoms with E-state index in [2.05, 4.69) is 0 Å². The first-order valence-corrected chi connectivity index (χ1v) is 8.07. The Balaban J connectivity index is 0. The van der Waals surface area contributed by atoms with E-state index < -0.39 is 15.6 Å². The predicted molar refractivity (Wildman–Crippen MR) is 69.1 cm³/mol. The summed E-state index contributed by atoms with van der Waals surface area (Å²) in [5, 5.41) is 0. The molecule has 0 radical (unpaired) electrons. The van der Waals surface area contributed by atoms with Gasteiger partial charge in [0.25, 0.3) is 0 Å². The van der Waals surface area contributed by atoms with Crippen LogP contribution in [0.2, 0.25) is 0 Å². The maximum Gasteiger partial charge on any atom is 0.187 e. The van der Waals surface area contributed by atoms with Crippen molar-refractivity contribution in [2.24, 2.45) is 11.0 Å². The molecule has 0 saturated heterocycles. The quantitative estimate of drug-likeness (QED) is 0.414. The molecule has 98 valence electrons. The fourth-order valence-electron chi connectivity index (χ4n) is 0.920. The summed E-state index contributed by atoms with van der Waals surface area (Å²) in [4.78, 5) is 8.57. The Kier molecular flexibility index (Phi) is 9.61. The van der Waals surface area contributed by atoms with E-state index in [-0.39, 0.29) is 43.3 Å². The minimum Gasteiger partial charge on any atom is 0.187 e. The van der Waals surface area contributed by atoms with Gasteiger partial charge in [0, 0.05) is 0 Å². The van der Waals surface area contributed by atoms with E-state index in [9.17, 15) is 4.57 Å². The van der Waals surface area contributed by atoms with Crippen LogP contribution in [0.15, 0.2) is 0 Å². The van der Waals surface area contributed by atoms with E-state index in [1.54, 1.807) is 13.8 Å². The van der Waals surface area contributed by atoms with Crippen LogP contribution in [0.1, 0.15) is 13.8 Å². The molecule has 0 bridgehead atoms. The summed E-state index contributed by atoms with van der Waals surface area (Å²) < 4.78 is 25.7. The van der Waals surface area contributed by atoms with Crippen molar-refractivity contribution in [1.82, 2.24) is 0 Å². The van der Waals surface area contributed by atoms with E-state index in [0.717, 1.165) is 0 Å². The second-order valence-corrected chi connectivity index (χ2v) is 6.69. The fraction of sp³-hybridized carbons (Fsp3) is 1.00. The third kappa shape index (κ3) is 7.99. The van der Waals surface area contributed by atoms with Gasteiger partial charge < -0.3 is 0 Å². The SMILES string of the molecule is CCOP(N)(N)(OCC)OCC[P+](=O)O.[AlH3]. The molecule has 10 heteroatoms. The van der Waals surface area contributed by atoms with Gasteiger partial charge in [-0.15, -0.1) is 0 Å². The van der Waals surface area contributed by atoms with E-state index >= 15 is 0 Å². The van der Waals surface area contributed by atoms with Gasteiger partial charge in [0.1, 0.15) is 0 Å². The molecule has 0 rings (SSSR count). The number of nitrogens with two attached hydrogens (primary N) is 2. The van der Waals surface area contributed by atoms with Gasteiger partial charge in [0.05, 0.1) is 0 Å².